The predicted octanol–water partition coefficient (Wildman–Crippen LogP) is 0.326. The molecule has 0 bridgehead atoms. The SMILES string of the molecule is C=NCNC(C)C=C(OC)C(=O)OC. The Hall–Kier alpha value is -1.36. The average Bonchev–Trinajstić information content (AvgIpc) is 2.21. The second kappa shape index (κ2) is 7.08. The number of carbonyl (C=O) groups is 1. The summed E-state index contributed by atoms with van der Waals surface area (Å²) in [6.07, 6.45) is 1.62. The fraction of sp³-hybridized carbons (Fsp3) is 0.556. The first-order chi connectivity index (χ1) is 6.65. The van der Waals surface area contributed by atoms with Crippen molar-refractivity contribution < 1.29 is 14.3 Å². The molecular weight excluding hydrogens is 184 g/mol. The molecule has 5 heteroatoms. The van der Waals surface area contributed by atoms with Crippen molar-refractivity contribution in [2.75, 3.05) is 20.9 Å². The fourth-order valence-electron chi connectivity index (χ4n) is 0.815. The Morgan fingerprint density at radius 2 is 2.21 bits per heavy atom. The van der Waals surface area contributed by atoms with E-state index in [2.05, 4.69) is 21.8 Å². The van der Waals surface area contributed by atoms with Crippen LogP contribution in [0.5, 0.6) is 0 Å². The number of carbonyl (C=O) groups excluding carboxylic acids is 1. The maximum absolute atomic E-state index is 11.1. The monoisotopic (exact) mass is 200 g/mol. The number of nitrogens with zero attached hydrogens (tertiary/aromatic N) is 1. The summed E-state index contributed by atoms with van der Waals surface area (Å²) in [5.74, 6) is -0.315. The third-order valence-electron chi connectivity index (χ3n) is 1.53. The van der Waals surface area contributed by atoms with Gasteiger partial charge in [0.15, 0.2) is 0 Å². The van der Waals surface area contributed by atoms with Gasteiger partial charge in [0.05, 0.1) is 20.9 Å². The lowest BCUT2D eigenvalue weighted by atomic mass is 10.3. The van der Waals surface area contributed by atoms with Gasteiger partial charge in [-0.25, -0.2) is 4.79 Å². The summed E-state index contributed by atoms with van der Waals surface area (Å²) < 4.78 is 9.37. The van der Waals surface area contributed by atoms with E-state index in [1.54, 1.807) is 6.08 Å². The van der Waals surface area contributed by atoms with Gasteiger partial charge in [0, 0.05) is 6.04 Å². The normalized spacial score (nSPS) is 13.2. The van der Waals surface area contributed by atoms with Gasteiger partial charge in [-0.3, -0.25) is 10.3 Å². The molecule has 0 spiro atoms. The number of rotatable bonds is 6. The Kier molecular flexibility index (Phi) is 6.39. The van der Waals surface area contributed by atoms with Gasteiger partial charge in [-0.1, -0.05) is 0 Å². The first-order valence-corrected chi connectivity index (χ1v) is 4.15. The molecular formula is C9H16N2O3. The Bertz CT molecular complexity index is 226. The van der Waals surface area contributed by atoms with Crippen LogP contribution >= 0.6 is 0 Å². The highest BCUT2D eigenvalue weighted by molar-refractivity contribution is 5.86. The van der Waals surface area contributed by atoms with E-state index in [0.29, 0.717) is 6.67 Å². The summed E-state index contributed by atoms with van der Waals surface area (Å²) in [5.41, 5.74) is 0. The van der Waals surface area contributed by atoms with Crippen LogP contribution in [-0.4, -0.2) is 39.6 Å². The highest BCUT2D eigenvalue weighted by Gasteiger charge is 2.10. The van der Waals surface area contributed by atoms with Crippen LogP contribution in [0.15, 0.2) is 16.8 Å². The van der Waals surface area contributed by atoms with Crippen molar-refractivity contribution in [1.82, 2.24) is 5.32 Å². The van der Waals surface area contributed by atoms with Gasteiger partial charge in [-0.2, -0.15) is 0 Å². The van der Waals surface area contributed by atoms with Crippen LogP contribution in [0.3, 0.4) is 0 Å². The molecule has 80 valence electrons. The molecule has 0 aromatic carbocycles. The standard InChI is InChI=1S/C9H16N2O3/c1-7(11-6-10-2)5-8(13-3)9(12)14-4/h5,7,11H,2,6H2,1,3-4H3. The maximum atomic E-state index is 11.1. The summed E-state index contributed by atoms with van der Waals surface area (Å²) in [6.45, 7) is 5.62. The van der Waals surface area contributed by atoms with Crippen molar-refractivity contribution >= 4 is 12.7 Å². The molecule has 0 aliphatic heterocycles. The minimum absolute atomic E-state index is 0.0328. The second-order valence-corrected chi connectivity index (χ2v) is 2.60. The van der Waals surface area contributed by atoms with Gasteiger partial charge in [0.25, 0.3) is 0 Å². The molecule has 14 heavy (non-hydrogen) atoms. The molecule has 1 N–H and O–H groups in total. The van der Waals surface area contributed by atoms with Gasteiger partial charge in [-0.05, 0) is 19.7 Å². The summed E-state index contributed by atoms with van der Waals surface area (Å²) in [5, 5.41) is 2.98. The lowest BCUT2D eigenvalue weighted by Crippen LogP contribution is -2.25. The van der Waals surface area contributed by atoms with Crippen molar-refractivity contribution in [3.05, 3.63) is 11.8 Å². The molecule has 1 unspecified atom stereocenters. The van der Waals surface area contributed by atoms with E-state index in [-0.39, 0.29) is 11.8 Å². The van der Waals surface area contributed by atoms with Gasteiger partial charge >= 0.3 is 5.97 Å². The topological polar surface area (TPSA) is 59.9 Å². The van der Waals surface area contributed by atoms with Crippen molar-refractivity contribution in [3.8, 4) is 0 Å². The summed E-state index contributed by atoms with van der Waals surface area (Å²) in [6, 6.07) is -0.0328. The number of aliphatic imine (C=N–C) groups is 1. The van der Waals surface area contributed by atoms with E-state index >= 15 is 0 Å². The lowest BCUT2D eigenvalue weighted by molar-refractivity contribution is -0.139. The zero-order chi connectivity index (χ0) is 11.0. The largest absolute Gasteiger partial charge is 0.490 e. The van der Waals surface area contributed by atoms with Crippen LogP contribution in [0.2, 0.25) is 0 Å². The third kappa shape index (κ3) is 4.61. The van der Waals surface area contributed by atoms with Crippen LogP contribution in [0.25, 0.3) is 0 Å². The predicted molar refractivity (Wildman–Crippen MR) is 54.1 cm³/mol. The zero-order valence-electron chi connectivity index (χ0n) is 8.74. The van der Waals surface area contributed by atoms with Crippen LogP contribution in [-0.2, 0) is 14.3 Å². The van der Waals surface area contributed by atoms with Crippen molar-refractivity contribution in [2.24, 2.45) is 4.99 Å². The van der Waals surface area contributed by atoms with Gasteiger partial charge in [0.2, 0.25) is 5.76 Å². The molecule has 0 aliphatic rings. The van der Waals surface area contributed by atoms with E-state index in [0.717, 1.165) is 0 Å². The highest BCUT2D eigenvalue weighted by atomic mass is 16.6. The highest BCUT2D eigenvalue weighted by Crippen LogP contribution is 2.00. The first kappa shape index (κ1) is 12.6. The summed E-state index contributed by atoms with van der Waals surface area (Å²) in [4.78, 5) is 14.7. The number of hydrogen-bond donors (Lipinski definition) is 1. The smallest absolute Gasteiger partial charge is 0.373 e. The molecule has 0 fully saturated rings. The number of hydrogen-bond acceptors (Lipinski definition) is 5. The van der Waals surface area contributed by atoms with Gasteiger partial charge < -0.3 is 9.47 Å². The van der Waals surface area contributed by atoms with Crippen LogP contribution < -0.4 is 5.32 Å². The summed E-state index contributed by atoms with van der Waals surface area (Å²) >= 11 is 0. The number of esters is 1. The summed E-state index contributed by atoms with van der Waals surface area (Å²) in [7, 11) is 2.72. The van der Waals surface area contributed by atoms with E-state index in [4.69, 9.17) is 4.74 Å². The zero-order valence-corrected chi connectivity index (χ0v) is 8.74. The Morgan fingerprint density at radius 1 is 1.57 bits per heavy atom. The second-order valence-electron chi connectivity index (χ2n) is 2.60. The van der Waals surface area contributed by atoms with Crippen LogP contribution in [0, 0.1) is 0 Å². The third-order valence-corrected chi connectivity index (χ3v) is 1.53. The maximum Gasteiger partial charge on any atom is 0.373 e. The molecule has 0 aromatic rings. The molecule has 0 amide bonds. The van der Waals surface area contributed by atoms with Crippen LogP contribution in [0.4, 0.5) is 0 Å². The number of ether oxygens (including phenoxy) is 2. The van der Waals surface area contributed by atoms with Crippen molar-refractivity contribution in [1.29, 1.82) is 0 Å². The molecule has 5 nitrogen and oxygen atoms in total. The fourth-order valence-corrected chi connectivity index (χ4v) is 0.815. The quantitative estimate of drug-likeness (QED) is 0.290. The van der Waals surface area contributed by atoms with E-state index < -0.39 is 5.97 Å². The van der Waals surface area contributed by atoms with Crippen molar-refractivity contribution in [3.63, 3.8) is 0 Å². The molecule has 1 atom stereocenters. The Balaban J connectivity index is 4.26. The Labute approximate surface area is 83.8 Å². The van der Waals surface area contributed by atoms with Gasteiger partial charge in [0.1, 0.15) is 0 Å². The first-order valence-electron chi connectivity index (χ1n) is 4.15. The Morgan fingerprint density at radius 3 is 2.64 bits per heavy atom. The lowest BCUT2D eigenvalue weighted by Gasteiger charge is -2.09. The van der Waals surface area contributed by atoms with E-state index in [1.165, 1.54) is 14.2 Å². The van der Waals surface area contributed by atoms with E-state index in [1.807, 2.05) is 6.92 Å². The molecule has 0 saturated carbocycles. The molecule has 0 rings (SSSR count). The van der Waals surface area contributed by atoms with E-state index in [9.17, 15) is 4.79 Å². The minimum Gasteiger partial charge on any atom is -0.490 e. The molecule has 0 heterocycles. The number of nitrogens with one attached hydrogen (secondary N) is 1. The minimum atomic E-state index is -0.493. The molecule has 0 aliphatic carbocycles. The van der Waals surface area contributed by atoms with Crippen LogP contribution in [0.1, 0.15) is 6.92 Å². The van der Waals surface area contributed by atoms with Crippen molar-refractivity contribution in [2.45, 2.75) is 13.0 Å². The molecule has 0 saturated heterocycles. The number of methoxy groups -OCH3 is 2. The average molecular weight is 200 g/mol. The molecule has 0 radical (unpaired) electrons. The van der Waals surface area contributed by atoms with Gasteiger partial charge in [-0.15, -0.1) is 0 Å². The molecule has 0 aromatic heterocycles.